The Bertz CT molecular complexity index is 740. The second kappa shape index (κ2) is 5.63. The Hall–Kier alpha value is -2.34. The van der Waals surface area contributed by atoms with Gasteiger partial charge >= 0.3 is 0 Å². The third kappa shape index (κ3) is 2.29. The second-order valence-corrected chi connectivity index (χ2v) is 6.64. The Kier molecular flexibility index (Phi) is 3.57. The van der Waals surface area contributed by atoms with Crippen molar-refractivity contribution in [3.05, 3.63) is 48.3 Å². The van der Waals surface area contributed by atoms with E-state index in [0.717, 1.165) is 24.2 Å². The van der Waals surface area contributed by atoms with E-state index in [2.05, 4.69) is 10.4 Å². The lowest BCUT2D eigenvalue weighted by Crippen LogP contribution is -2.57. The van der Waals surface area contributed by atoms with Crippen molar-refractivity contribution in [2.45, 2.75) is 42.9 Å². The van der Waals surface area contributed by atoms with Gasteiger partial charge in [-0.05, 0) is 31.4 Å². The van der Waals surface area contributed by atoms with Crippen LogP contribution in [0, 0.1) is 0 Å². The summed E-state index contributed by atoms with van der Waals surface area (Å²) < 4.78 is 7.15. The van der Waals surface area contributed by atoms with Crippen molar-refractivity contribution < 1.29 is 14.6 Å². The molecule has 6 heteroatoms. The molecule has 2 N–H and O–H groups in total. The smallest absolute Gasteiger partial charge is 0.231 e. The molecule has 24 heavy (non-hydrogen) atoms. The highest BCUT2D eigenvalue weighted by Gasteiger charge is 2.54. The van der Waals surface area contributed by atoms with Crippen molar-refractivity contribution in [1.29, 1.82) is 0 Å². The number of para-hydroxylation sites is 1. The minimum atomic E-state index is -0.498. The Morgan fingerprint density at radius 3 is 2.79 bits per heavy atom. The van der Waals surface area contributed by atoms with Gasteiger partial charge in [-0.15, -0.1) is 0 Å². The Balaban J connectivity index is 1.52. The maximum Gasteiger partial charge on any atom is 0.231 e. The number of nitrogens with zero attached hydrogens (tertiary/aromatic N) is 2. The maximum atomic E-state index is 12.9. The molecule has 2 saturated carbocycles. The largest absolute Gasteiger partial charge is 0.496 e. The molecule has 0 radical (unpaired) electrons. The van der Waals surface area contributed by atoms with E-state index in [1.165, 1.54) is 0 Å². The third-order valence-electron chi connectivity index (χ3n) is 5.26. The number of aliphatic hydroxyl groups excluding tert-OH is 1. The molecule has 0 saturated heterocycles. The molecule has 0 spiro atoms. The monoisotopic (exact) mass is 327 g/mol. The molecular formula is C18H21N3O3. The standard InChI is InChI=1S/C18H21N3O3/c1-24-15-6-3-2-5-12(15)18(7-8-18)17(23)20-13-11-14(22)16(13)21-10-4-9-19-21/h2-6,9-10,13-14,16,22H,7-8,11H2,1H3,(H,20,23)/t13-,14+,16+/m0/s1. The van der Waals surface area contributed by atoms with Gasteiger partial charge in [0.25, 0.3) is 0 Å². The number of aliphatic hydroxyl groups is 1. The number of benzene rings is 1. The van der Waals surface area contributed by atoms with Gasteiger partial charge in [-0.1, -0.05) is 18.2 Å². The maximum absolute atomic E-state index is 12.9. The van der Waals surface area contributed by atoms with Crippen LogP contribution in [0.1, 0.15) is 30.9 Å². The van der Waals surface area contributed by atoms with Gasteiger partial charge in [0.15, 0.2) is 0 Å². The number of ether oxygens (including phenoxy) is 1. The predicted molar refractivity (Wildman–Crippen MR) is 87.7 cm³/mol. The van der Waals surface area contributed by atoms with E-state index in [0.29, 0.717) is 6.42 Å². The Labute approximate surface area is 140 Å². The molecule has 1 amide bonds. The highest BCUT2D eigenvalue weighted by molar-refractivity contribution is 5.92. The van der Waals surface area contributed by atoms with E-state index in [4.69, 9.17) is 4.74 Å². The predicted octanol–water partition coefficient (Wildman–Crippen LogP) is 1.41. The highest BCUT2D eigenvalue weighted by Crippen LogP contribution is 2.52. The summed E-state index contributed by atoms with van der Waals surface area (Å²) >= 11 is 0. The van der Waals surface area contributed by atoms with Gasteiger partial charge in [0.05, 0.1) is 30.7 Å². The van der Waals surface area contributed by atoms with E-state index in [1.54, 1.807) is 18.0 Å². The molecule has 4 rings (SSSR count). The van der Waals surface area contributed by atoms with Crippen molar-refractivity contribution in [3.63, 3.8) is 0 Å². The van der Waals surface area contributed by atoms with Crippen LogP contribution in [-0.4, -0.2) is 40.0 Å². The summed E-state index contributed by atoms with van der Waals surface area (Å²) in [6.07, 6.45) is 5.22. The fraction of sp³-hybridized carbons (Fsp3) is 0.444. The van der Waals surface area contributed by atoms with Crippen LogP contribution in [0.3, 0.4) is 0 Å². The molecule has 1 aromatic carbocycles. The number of carbonyl (C=O) groups is 1. The number of carbonyl (C=O) groups excluding carboxylic acids is 1. The van der Waals surface area contributed by atoms with Crippen LogP contribution in [0.15, 0.2) is 42.7 Å². The lowest BCUT2D eigenvalue weighted by molar-refractivity contribution is -0.127. The molecule has 2 aliphatic rings. The third-order valence-corrected chi connectivity index (χ3v) is 5.26. The Morgan fingerprint density at radius 1 is 1.38 bits per heavy atom. The summed E-state index contributed by atoms with van der Waals surface area (Å²) in [5, 5.41) is 17.4. The van der Waals surface area contributed by atoms with E-state index >= 15 is 0 Å². The molecule has 2 fully saturated rings. The number of nitrogens with one attached hydrogen (secondary N) is 1. The number of amides is 1. The first-order valence-electron chi connectivity index (χ1n) is 8.27. The van der Waals surface area contributed by atoms with Gasteiger partial charge in [-0.3, -0.25) is 9.48 Å². The van der Waals surface area contributed by atoms with E-state index in [9.17, 15) is 9.90 Å². The van der Waals surface area contributed by atoms with Crippen molar-refractivity contribution in [2.24, 2.45) is 0 Å². The van der Waals surface area contributed by atoms with Gasteiger partial charge in [-0.25, -0.2) is 0 Å². The zero-order valence-electron chi connectivity index (χ0n) is 13.6. The number of aromatic nitrogens is 2. The van der Waals surface area contributed by atoms with Gasteiger partial charge in [0.2, 0.25) is 5.91 Å². The normalized spacial score (nSPS) is 27.2. The fourth-order valence-electron chi connectivity index (χ4n) is 3.66. The SMILES string of the molecule is COc1ccccc1C1(C(=O)N[C@H]2C[C@@H](O)[C@@H]2n2cccn2)CC1. The first-order valence-corrected chi connectivity index (χ1v) is 8.27. The quantitative estimate of drug-likeness (QED) is 0.871. The van der Waals surface area contributed by atoms with Crippen molar-refractivity contribution in [1.82, 2.24) is 15.1 Å². The van der Waals surface area contributed by atoms with Crippen molar-refractivity contribution in [2.75, 3.05) is 7.11 Å². The highest BCUT2D eigenvalue weighted by atomic mass is 16.5. The summed E-state index contributed by atoms with van der Waals surface area (Å²) in [7, 11) is 1.63. The molecule has 126 valence electrons. The summed E-state index contributed by atoms with van der Waals surface area (Å²) in [6, 6.07) is 9.23. The van der Waals surface area contributed by atoms with Crippen LogP contribution in [0.25, 0.3) is 0 Å². The van der Waals surface area contributed by atoms with Crippen LogP contribution >= 0.6 is 0 Å². The van der Waals surface area contributed by atoms with Crippen molar-refractivity contribution in [3.8, 4) is 5.75 Å². The number of rotatable bonds is 5. The molecule has 2 aliphatic carbocycles. The van der Waals surface area contributed by atoms with Crippen LogP contribution in [-0.2, 0) is 10.2 Å². The summed E-state index contributed by atoms with van der Waals surface area (Å²) in [5.74, 6) is 0.767. The topological polar surface area (TPSA) is 76.4 Å². The number of hydrogen-bond donors (Lipinski definition) is 2. The minimum absolute atomic E-state index is 0.0149. The fourth-order valence-corrected chi connectivity index (χ4v) is 3.66. The first kappa shape index (κ1) is 15.2. The summed E-state index contributed by atoms with van der Waals surface area (Å²) in [5.41, 5.74) is 0.447. The van der Waals surface area contributed by atoms with Gasteiger partial charge < -0.3 is 15.2 Å². The van der Waals surface area contributed by atoms with E-state index in [-0.39, 0.29) is 18.0 Å². The zero-order chi connectivity index (χ0) is 16.7. The van der Waals surface area contributed by atoms with Crippen LogP contribution in [0.4, 0.5) is 0 Å². The molecule has 6 nitrogen and oxygen atoms in total. The average Bonchev–Trinajstić information content (AvgIpc) is 3.25. The molecule has 0 aliphatic heterocycles. The number of hydrogen-bond acceptors (Lipinski definition) is 4. The number of methoxy groups -OCH3 is 1. The molecule has 0 unspecified atom stereocenters. The molecule has 1 aromatic heterocycles. The Morgan fingerprint density at radius 2 is 2.17 bits per heavy atom. The van der Waals surface area contributed by atoms with Crippen LogP contribution in [0.2, 0.25) is 0 Å². The average molecular weight is 327 g/mol. The van der Waals surface area contributed by atoms with Crippen molar-refractivity contribution >= 4 is 5.91 Å². The van der Waals surface area contributed by atoms with Gasteiger partial charge in [-0.2, -0.15) is 5.10 Å². The zero-order valence-corrected chi connectivity index (χ0v) is 13.6. The van der Waals surface area contributed by atoms with Gasteiger partial charge in [0.1, 0.15) is 5.75 Å². The van der Waals surface area contributed by atoms with Gasteiger partial charge in [0, 0.05) is 18.0 Å². The summed E-state index contributed by atoms with van der Waals surface area (Å²) in [4.78, 5) is 12.9. The lowest BCUT2D eigenvalue weighted by atomic mass is 9.82. The van der Waals surface area contributed by atoms with E-state index < -0.39 is 11.5 Å². The molecular weight excluding hydrogens is 306 g/mol. The second-order valence-electron chi connectivity index (χ2n) is 6.64. The minimum Gasteiger partial charge on any atom is -0.496 e. The van der Waals surface area contributed by atoms with Crippen LogP contribution < -0.4 is 10.1 Å². The molecule has 1 heterocycles. The van der Waals surface area contributed by atoms with E-state index in [1.807, 2.05) is 36.5 Å². The molecule has 0 bridgehead atoms. The summed E-state index contributed by atoms with van der Waals surface area (Å²) in [6.45, 7) is 0. The lowest BCUT2D eigenvalue weighted by Gasteiger charge is -2.42. The first-order chi connectivity index (χ1) is 11.7. The van der Waals surface area contributed by atoms with Crippen LogP contribution in [0.5, 0.6) is 5.75 Å². The molecule has 2 aromatic rings. The molecule has 3 atom stereocenters.